The average molecular weight is 561 g/mol. The molecule has 0 aliphatic carbocycles. The maximum absolute atomic E-state index is 5.83. The van der Waals surface area contributed by atoms with Crippen LogP contribution in [0.5, 0.6) is 23.0 Å². The summed E-state index contributed by atoms with van der Waals surface area (Å²) in [6, 6.07) is 35.8. The van der Waals surface area contributed by atoms with Gasteiger partial charge in [-0.05, 0) is 97.8 Å². The Bertz CT molecular complexity index is 929. The molecule has 4 aromatic carbocycles. The summed E-state index contributed by atoms with van der Waals surface area (Å²) < 4.78 is 11.7. The molecule has 0 spiro atoms. The minimum absolute atomic E-state index is 0. The van der Waals surface area contributed by atoms with E-state index in [1.54, 1.807) is 35.3 Å². The third-order valence-corrected chi connectivity index (χ3v) is 4.86. The fraction of sp³-hybridized carbons (Fsp3) is 0.200. The lowest BCUT2D eigenvalue weighted by atomic mass is 10.3. The molecule has 4 aromatic rings. The van der Waals surface area contributed by atoms with Crippen LogP contribution in [0.2, 0.25) is 0 Å². The van der Waals surface area contributed by atoms with E-state index >= 15 is 0 Å². The predicted molar refractivity (Wildman–Crippen MR) is 167 cm³/mol. The standard InChI is InChI=1S/C24H18O2S.2C2H6S.C2H6.2H2O/c1-3-7-19(8-4-1)25-21-11-15-23(16-12-21)27-24-17-13-22(14-18-24)26-20-9-5-2-6-10-20;2*1-3-2;1-2;;/h1-18H;2*1-2H3;1-2H3;2*1H2. The molecule has 4 N–H and O–H groups in total. The van der Waals surface area contributed by atoms with Gasteiger partial charge in [0.15, 0.2) is 0 Å². The summed E-state index contributed by atoms with van der Waals surface area (Å²) in [6.07, 6.45) is 8.17. The van der Waals surface area contributed by atoms with E-state index in [9.17, 15) is 0 Å². The Morgan fingerprint density at radius 3 is 0.919 bits per heavy atom. The second-order valence-electron chi connectivity index (χ2n) is 6.69. The Labute approximate surface area is 235 Å². The van der Waals surface area contributed by atoms with Crippen LogP contribution < -0.4 is 9.47 Å². The van der Waals surface area contributed by atoms with Crippen LogP contribution in [-0.4, -0.2) is 36.0 Å². The van der Waals surface area contributed by atoms with Crippen LogP contribution in [-0.2, 0) is 0 Å². The van der Waals surface area contributed by atoms with E-state index in [4.69, 9.17) is 9.47 Å². The highest BCUT2D eigenvalue weighted by atomic mass is 32.2. The lowest BCUT2D eigenvalue weighted by Gasteiger charge is -2.08. The highest BCUT2D eigenvalue weighted by molar-refractivity contribution is 7.99. The summed E-state index contributed by atoms with van der Waals surface area (Å²) in [5.74, 6) is 3.34. The third-order valence-electron chi connectivity index (χ3n) is 3.84. The Hall–Kier alpha value is -2.55. The van der Waals surface area contributed by atoms with Gasteiger partial charge >= 0.3 is 0 Å². The Morgan fingerprint density at radius 1 is 0.405 bits per heavy atom. The monoisotopic (exact) mass is 560 g/mol. The first kappa shape index (κ1) is 36.6. The maximum atomic E-state index is 5.83. The van der Waals surface area contributed by atoms with Crippen LogP contribution in [0.25, 0.3) is 0 Å². The van der Waals surface area contributed by atoms with Crippen molar-refractivity contribution in [2.75, 3.05) is 25.0 Å². The van der Waals surface area contributed by atoms with Crippen molar-refractivity contribution in [1.29, 1.82) is 0 Å². The quantitative estimate of drug-likeness (QED) is 0.235. The zero-order valence-electron chi connectivity index (χ0n) is 22.4. The first-order valence-electron chi connectivity index (χ1n) is 11.3. The molecule has 0 saturated heterocycles. The SMILES string of the molecule is CC.CSC.CSC.O.O.c1ccc(Oc2ccc(Sc3ccc(Oc4ccccc4)cc3)cc2)cc1. The Kier molecular flexibility index (Phi) is 23.6. The van der Waals surface area contributed by atoms with Crippen molar-refractivity contribution >= 4 is 35.3 Å². The van der Waals surface area contributed by atoms with Gasteiger partial charge in [0.2, 0.25) is 0 Å². The van der Waals surface area contributed by atoms with E-state index < -0.39 is 0 Å². The van der Waals surface area contributed by atoms with Gasteiger partial charge in [0.25, 0.3) is 0 Å². The van der Waals surface area contributed by atoms with Crippen LogP contribution in [0.3, 0.4) is 0 Å². The molecule has 0 aromatic heterocycles. The normalized spacial score (nSPS) is 8.70. The number of para-hydroxylation sites is 2. The van der Waals surface area contributed by atoms with E-state index in [-0.39, 0.29) is 11.0 Å². The first-order chi connectivity index (χ1) is 17.2. The van der Waals surface area contributed by atoms with Crippen LogP contribution in [0.1, 0.15) is 13.8 Å². The highest BCUT2D eigenvalue weighted by Gasteiger charge is 2.02. The van der Waals surface area contributed by atoms with Gasteiger partial charge in [-0.25, -0.2) is 0 Å². The topological polar surface area (TPSA) is 81.5 Å². The van der Waals surface area contributed by atoms with Gasteiger partial charge in [-0.3, -0.25) is 0 Å². The fourth-order valence-electron chi connectivity index (χ4n) is 2.54. The molecule has 0 aliphatic rings. The van der Waals surface area contributed by atoms with Crippen molar-refractivity contribution in [2.45, 2.75) is 23.6 Å². The van der Waals surface area contributed by atoms with E-state index in [1.807, 2.05) is 124 Å². The zero-order valence-corrected chi connectivity index (χ0v) is 24.9. The van der Waals surface area contributed by atoms with Crippen molar-refractivity contribution < 1.29 is 20.4 Å². The summed E-state index contributed by atoms with van der Waals surface area (Å²) >= 11 is 5.21. The van der Waals surface area contributed by atoms with Crippen LogP contribution >= 0.6 is 35.3 Å². The van der Waals surface area contributed by atoms with E-state index in [1.165, 1.54) is 0 Å². The number of hydrogen-bond acceptors (Lipinski definition) is 5. The summed E-state index contributed by atoms with van der Waals surface area (Å²) in [6.45, 7) is 4.00. The molecule has 202 valence electrons. The summed E-state index contributed by atoms with van der Waals surface area (Å²) in [7, 11) is 0. The molecule has 0 amide bonds. The molecule has 0 radical (unpaired) electrons. The molecule has 4 nitrogen and oxygen atoms in total. The summed E-state index contributed by atoms with van der Waals surface area (Å²) in [4.78, 5) is 2.32. The van der Waals surface area contributed by atoms with E-state index in [2.05, 4.69) is 24.3 Å². The van der Waals surface area contributed by atoms with Crippen molar-refractivity contribution in [3.05, 3.63) is 109 Å². The zero-order chi connectivity index (χ0) is 25.7. The molecular formula is C30H40O4S3. The van der Waals surface area contributed by atoms with Crippen molar-refractivity contribution in [3.8, 4) is 23.0 Å². The molecule has 0 fully saturated rings. The Morgan fingerprint density at radius 2 is 0.649 bits per heavy atom. The van der Waals surface area contributed by atoms with Gasteiger partial charge in [-0.2, -0.15) is 23.5 Å². The second-order valence-corrected chi connectivity index (χ2v) is 9.47. The number of hydrogen-bond donors (Lipinski definition) is 0. The van der Waals surface area contributed by atoms with Gasteiger partial charge in [-0.1, -0.05) is 62.0 Å². The lowest BCUT2D eigenvalue weighted by Crippen LogP contribution is -1.84. The number of rotatable bonds is 6. The molecule has 0 heterocycles. The fourth-order valence-corrected chi connectivity index (χ4v) is 3.35. The molecule has 4 rings (SSSR count). The van der Waals surface area contributed by atoms with Gasteiger partial charge in [-0.15, -0.1) is 0 Å². The van der Waals surface area contributed by atoms with Crippen molar-refractivity contribution in [1.82, 2.24) is 0 Å². The highest BCUT2D eigenvalue weighted by Crippen LogP contribution is 2.32. The molecule has 0 aliphatic heterocycles. The smallest absolute Gasteiger partial charge is 0.127 e. The van der Waals surface area contributed by atoms with Crippen LogP contribution in [0, 0.1) is 0 Å². The van der Waals surface area contributed by atoms with Crippen LogP contribution in [0.15, 0.2) is 119 Å². The first-order valence-corrected chi connectivity index (χ1v) is 15.4. The molecular weight excluding hydrogens is 521 g/mol. The van der Waals surface area contributed by atoms with E-state index in [0.717, 1.165) is 32.8 Å². The predicted octanol–water partition coefficient (Wildman–Crippen LogP) is 8.76. The molecule has 0 bridgehead atoms. The second kappa shape index (κ2) is 23.8. The molecule has 0 unspecified atom stereocenters. The number of benzene rings is 4. The molecule has 37 heavy (non-hydrogen) atoms. The molecule has 7 heteroatoms. The maximum Gasteiger partial charge on any atom is 0.127 e. The van der Waals surface area contributed by atoms with Crippen molar-refractivity contribution in [3.63, 3.8) is 0 Å². The molecule has 0 atom stereocenters. The minimum atomic E-state index is 0. The van der Waals surface area contributed by atoms with Gasteiger partial charge in [0.1, 0.15) is 23.0 Å². The average Bonchev–Trinajstić information content (AvgIpc) is 2.90. The van der Waals surface area contributed by atoms with E-state index in [0.29, 0.717) is 0 Å². The largest absolute Gasteiger partial charge is 0.457 e. The number of thioether (sulfide) groups is 2. The Balaban J connectivity index is 0. The third kappa shape index (κ3) is 16.0. The lowest BCUT2D eigenvalue weighted by molar-refractivity contribution is 0.482. The summed E-state index contributed by atoms with van der Waals surface area (Å²) in [5, 5.41) is 0. The van der Waals surface area contributed by atoms with Gasteiger partial charge in [0.05, 0.1) is 0 Å². The van der Waals surface area contributed by atoms with Gasteiger partial charge < -0.3 is 20.4 Å². The van der Waals surface area contributed by atoms with Crippen LogP contribution in [0.4, 0.5) is 0 Å². The number of ether oxygens (including phenoxy) is 2. The minimum Gasteiger partial charge on any atom is -0.457 e. The van der Waals surface area contributed by atoms with Crippen molar-refractivity contribution in [2.24, 2.45) is 0 Å². The van der Waals surface area contributed by atoms with Gasteiger partial charge in [0, 0.05) is 9.79 Å². The molecule has 0 saturated carbocycles. The summed E-state index contributed by atoms with van der Waals surface area (Å²) in [5.41, 5.74) is 0.